The SMILES string of the molecule is C(OCC1CO1)C1CO1.C1CCCCC1.CO. The number of hydrogen-bond acceptors (Lipinski definition) is 4. The van der Waals surface area contributed by atoms with Crippen molar-refractivity contribution < 1.29 is 19.3 Å². The Labute approximate surface area is 104 Å². The summed E-state index contributed by atoms with van der Waals surface area (Å²) in [5, 5.41) is 7.00. The molecule has 0 aromatic carbocycles. The maximum atomic E-state index is 7.00. The standard InChI is InChI=1S/C6H10O3.C6H12.CH4O/c1(5-3-8-5)7-2-6-4-9-6;1-2-4-6-5-3-1;1-2/h5-6H,1-4H2;1-6H2;2H,1H3. The minimum absolute atomic E-state index is 0.392. The molecule has 2 aliphatic heterocycles. The van der Waals surface area contributed by atoms with Crippen LogP contribution in [0.4, 0.5) is 0 Å². The van der Waals surface area contributed by atoms with Gasteiger partial charge in [-0.1, -0.05) is 38.5 Å². The zero-order valence-corrected chi connectivity index (χ0v) is 10.9. The Bertz CT molecular complexity index is 139. The quantitative estimate of drug-likeness (QED) is 0.768. The summed E-state index contributed by atoms with van der Waals surface area (Å²) >= 11 is 0. The van der Waals surface area contributed by atoms with Gasteiger partial charge in [-0.05, 0) is 0 Å². The zero-order chi connectivity index (χ0) is 12.3. The molecule has 2 heterocycles. The van der Waals surface area contributed by atoms with Crippen molar-refractivity contribution in [1.82, 2.24) is 0 Å². The van der Waals surface area contributed by atoms with Gasteiger partial charge in [0.15, 0.2) is 0 Å². The lowest BCUT2D eigenvalue weighted by Crippen LogP contribution is -2.06. The molecule has 17 heavy (non-hydrogen) atoms. The third-order valence-corrected chi connectivity index (χ3v) is 2.91. The monoisotopic (exact) mass is 246 g/mol. The van der Waals surface area contributed by atoms with Crippen LogP contribution in [-0.2, 0) is 14.2 Å². The van der Waals surface area contributed by atoms with Crippen molar-refractivity contribution in [2.45, 2.75) is 50.7 Å². The Morgan fingerprint density at radius 3 is 1.35 bits per heavy atom. The van der Waals surface area contributed by atoms with E-state index in [-0.39, 0.29) is 0 Å². The van der Waals surface area contributed by atoms with Gasteiger partial charge in [-0.25, -0.2) is 0 Å². The molecule has 2 saturated heterocycles. The highest BCUT2D eigenvalue weighted by Crippen LogP contribution is 2.15. The smallest absolute Gasteiger partial charge is 0.104 e. The van der Waals surface area contributed by atoms with Gasteiger partial charge in [-0.2, -0.15) is 0 Å². The normalized spacial score (nSPS) is 29.3. The van der Waals surface area contributed by atoms with E-state index in [9.17, 15) is 0 Å². The highest BCUT2D eigenvalue weighted by molar-refractivity contribution is 4.71. The Kier molecular flexibility index (Phi) is 8.61. The lowest BCUT2D eigenvalue weighted by atomic mass is 10.0. The molecule has 2 unspecified atom stereocenters. The molecule has 0 amide bonds. The van der Waals surface area contributed by atoms with Crippen molar-refractivity contribution in [3.8, 4) is 0 Å². The summed E-state index contributed by atoms with van der Waals surface area (Å²) in [6.45, 7) is 3.26. The van der Waals surface area contributed by atoms with E-state index in [1.165, 1.54) is 38.5 Å². The zero-order valence-electron chi connectivity index (χ0n) is 10.9. The maximum absolute atomic E-state index is 7.00. The van der Waals surface area contributed by atoms with Gasteiger partial charge in [-0.15, -0.1) is 0 Å². The molecule has 2 atom stereocenters. The van der Waals surface area contributed by atoms with Crippen molar-refractivity contribution in [2.75, 3.05) is 33.5 Å². The number of ether oxygens (including phenoxy) is 3. The number of epoxide rings is 2. The van der Waals surface area contributed by atoms with Crippen LogP contribution in [-0.4, -0.2) is 50.9 Å². The van der Waals surface area contributed by atoms with Gasteiger partial charge in [-0.3, -0.25) is 0 Å². The van der Waals surface area contributed by atoms with Crippen molar-refractivity contribution in [3.63, 3.8) is 0 Å². The summed E-state index contributed by atoms with van der Waals surface area (Å²) in [6, 6.07) is 0. The minimum atomic E-state index is 0.392. The predicted molar refractivity (Wildman–Crippen MR) is 66.1 cm³/mol. The van der Waals surface area contributed by atoms with Crippen LogP contribution in [0.1, 0.15) is 38.5 Å². The predicted octanol–water partition coefficient (Wildman–Crippen LogP) is 1.75. The molecule has 0 aromatic rings. The van der Waals surface area contributed by atoms with Gasteiger partial charge in [0.05, 0.1) is 26.4 Å². The van der Waals surface area contributed by atoms with E-state index >= 15 is 0 Å². The third-order valence-electron chi connectivity index (χ3n) is 2.91. The highest BCUT2D eigenvalue weighted by atomic mass is 16.6. The lowest BCUT2D eigenvalue weighted by Gasteiger charge is -2.05. The molecule has 0 spiro atoms. The molecular weight excluding hydrogens is 220 g/mol. The molecule has 4 heteroatoms. The Morgan fingerprint density at radius 1 is 0.824 bits per heavy atom. The maximum Gasteiger partial charge on any atom is 0.104 e. The first kappa shape index (κ1) is 14.9. The third kappa shape index (κ3) is 9.53. The average Bonchev–Trinajstić information content (AvgIpc) is 3.30. The van der Waals surface area contributed by atoms with E-state index in [1.807, 2.05) is 0 Å². The summed E-state index contributed by atoms with van der Waals surface area (Å²) < 4.78 is 15.1. The van der Waals surface area contributed by atoms with Crippen molar-refractivity contribution in [3.05, 3.63) is 0 Å². The second-order valence-electron chi connectivity index (χ2n) is 4.57. The molecule has 3 fully saturated rings. The molecule has 102 valence electrons. The second kappa shape index (κ2) is 9.83. The lowest BCUT2D eigenvalue weighted by molar-refractivity contribution is 0.102. The van der Waals surface area contributed by atoms with E-state index < -0.39 is 0 Å². The van der Waals surface area contributed by atoms with Gasteiger partial charge >= 0.3 is 0 Å². The van der Waals surface area contributed by atoms with Gasteiger partial charge < -0.3 is 19.3 Å². The topological polar surface area (TPSA) is 54.5 Å². The van der Waals surface area contributed by atoms with Crippen molar-refractivity contribution in [2.24, 2.45) is 0 Å². The summed E-state index contributed by atoms with van der Waals surface area (Å²) in [7, 11) is 1.00. The van der Waals surface area contributed by atoms with Crippen LogP contribution < -0.4 is 0 Å². The van der Waals surface area contributed by atoms with E-state index in [0.717, 1.165) is 33.5 Å². The van der Waals surface area contributed by atoms with Crippen LogP contribution in [0, 0.1) is 0 Å². The molecule has 3 aliphatic rings. The first-order chi connectivity index (χ1) is 8.45. The molecular formula is C13H26O4. The fourth-order valence-electron chi connectivity index (χ4n) is 1.72. The summed E-state index contributed by atoms with van der Waals surface area (Å²) in [5.41, 5.74) is 0. The molecule has 0 aromatic heterocycles. The van der Waals surface area contributed by atoms with Crippen LogP contribution in [0.15, 0.2) is 0 Å². The first-order valence-corrected chi connectivity index (χ1v) is 6.71. The molecule has 1 aliphatic carbocycles. The summed E-state index contributed by atoms with van der Waals surface area (Å²) in [5.74, 6) is 0. The van der Waals surface area contributed by atoms with Crippen LogP contribution in [0.3, 0.4) is 0 Å². The van der Waals surface area contributed by atoms with E-state index in [4.69, 9.17) is 19.3 Å². The number of hydrogen-bond donors (Lipinski definition) is 1. The van der Waals surface area contributed by atoms with Crippen LogP contribution in [0.25, 0.3) is 0 Å². The molecule has 1 saturated carbocycles. The van der Waals surface area contributed by atoms with E-state index in [2.05, 4.69) is 0 Å². The van der Waals surface area contributed by atoms with Gasteiger partial charge in [0, 0.05) is 7.11 Å². The fourth-order valence-corrected chi connectivity index (χ4v) is 1.72. The second-order valence-corrected chi connectivity index (χ2v) is 4.57. The van der Waals surface area contributed by atoms with Crippen molar-refractivity contribution >= 4 is 0 Å². The van der Waals surface area contributed by atoms with E-state index in [0.29, 0.717) is 12.2 Å². The summed E-state index contributed by atoms with van der Waals surface area (Å²) in [6.07, 6.45) is 9.78. The molecule has 3 rings (SSSR count). The van der Waals surface area contributed by atoms with Crippen LogP contribution in [0.5, 0.6) is 0 Å². The van der Waals surface area contributed by atoms with Crippen LogP contribution in [0.2, 0.25) is 0 Å². The largest absolute Gasteiger partial charge is 0.400 e. The summed E-state index contributed by atoms with van der Waals surface area (Å²) in [4.78, 5) is 0. The fraction of sp³-hybridized carbons (Fsp3) is 1.00. The minimum Gasteiger partial charge on any atom is -0.400 e. The van der Waals surface area contributed by atoms with Gasteiger partial charge in [0.1, 0.15) is 12.2 Å². The molecule has 0 radical (unpaired) electrons. The van der Waals surface area contributed by atoms with Gasteiger partial charge in [0.25, 0.3) is 0 Å². The van der Waals surface area contributed by atoms with Crippen molar-refractivity contribution in [1.29, 1.82) is 0 Å². The number of rotatable bonds is 4. The van der Waals surface area contributed by atoms with Crippen LogP contribution >= 0.6 is 0 Å². The first-order valence-electron chi connectivity index (χ1n) is 6.71. The average molecular weight is 246 g/mol. The number of aliphatic hydroxyl groups is 1. The highest BCUT2D eigenvalue weighted by Gasteiger charge is 2.26. The van der Waals surface area contributed by atoms with Gasteiger partial charge in [0.2, 0.25) is 0 Å². The molecule has 4 nitrogen and oxygen atoms in total. The molecule has 0 bridgehead atoms. The van der Waals surface area contributed by atoms with E-state index in [1.54, 1.807) is 0 Å². The molecule has 1 N–H and O–H groups in total. The Morgan fingerprint density at radius 2 is 1.12 bits per heavy atom. The Hall–Kier alpha value is -0.160. The Balaban J connectivity index is 0.000000158. The number of aliphatic hydroxyl groups excluding tert-OH is 1.